The molecule has 0 spiro atoms. The van der Waals surface area contributed by atoms with Crippen molar-refractivity contribution >= 4 is 0 Å². The van der Waals surface area contributed by atoms with E-state index in [0.29, 0.717) is 6.42 Å². The zero-order chi connectivity index (χ0) is 7.11. The Balaban J connectivity index is 2.91. The number of allylic oxidation sites excluding steroid dienone is 2. The second kappa shape index (κ2) is 5.54. The minimum atomic E-state index is -0.209. The molecule has 0 atom stereocenters. The molecule has 0 nitrogen and oxygen atoms in total. The number of unbranched alkanes of at least 4 members (excludes halogenated alkanes) is 2. The summed E-state index contributed by atoms with van der Waals surface area (Å²) in [5, 5.41) is 0. The molecule has 52 valence electrons. The molecule has 0 aromatic heterocycles. The maximum atomic E-state index is 11.9. The first-order valence-electron chi connectivity index (χ1n) is 3.21. The first-order chi connectivity index (χ1) is 4.27. The van der Waals surface area contributed by atoms with Gasteiger partial charge in [-0.1, -0.05) is 12.7 Å². The maximum absolute atomic E-state index is 11.9. The van der Waals surface area contributed by atoms with Crippen molar-refractivity contribution < 1.29 is 4.39 Å². The molecular formula is C8H13F. The first-order valence-corrected chi connectivity index (χ1v) is 3.21. The average molecular weight is 128 g/mol. The van der Waals surface area contributed by atoms with Crippen LogP contribution in [-0.2, 0) is 0 Å². The molecule has 0 N–H and O–H groups in total. The second-order valence-electron chi connectivity index (χ2n) is 2.05. The van der Waals surface area contributed by atoms with Crippen LogP contribution in [0.25, 0.3) is 0 Å². The summed E-state index contributed by atoms with van der Waals surface area (Å²) >= 11 is 0. The van der Waals surface area contributed by atoms with Crippen LogP contribution in [0.15, 0.2) is 25.1 Å². The summed E-state index contributed by atoms with van der Waals surface area (Å²) in [6.07, 6.45) is 5.25. The molecule has 9 heavy (non-hydrogen) atoms. The molecule has 0 aromatic rings. The molecule has 0 aromatic carbocycles. The zero-order valence-corrected chi connectivity index (χ0v) is 5.70. The summed E-state index contributed by atoms with van der Waals surface area (Å²) in [6, 6.07) is 0. The number of halogens is 1. The van der Waals surface area contributed by atoms with Gasteiger partial charge >= 0.3 is 0 Å². The molecule has 0 rings (SSSR count). The second-order valence-corrected chi connectivity index (χ2v) is 2.05. The van der Waals surface area contributed by atoms with Crippen molar-refractivity contribution in [2.24, 2.45) is 0 Å². The van der Waals surface area contributed by atoms with Gasteiger partial charge in [-0.05, 0) is 25.7 Å². The fourth-order valence-electron chi connectivity index (χ4n) is 0.605. The zero-order valence-electron chi connectivity index (χ0n) is 5.70. The van der Waals surface area contributed by atoms with Crippen molar-refractivity contribution in [2.75, 3.05) is 0 Å². The molecule has 0 unspecified atom stereocenters. The highest BCUT2D eigenvalue weighted by Gasteiger charge is 1.88. The Hall–Kier alpha value is -0.590. The summed E-state index contributed by atoms with van der Waals surface area (Å²) in [5.41, 5.74) is 0. The molecule has 0 saturated heterocycles. The van der Waals surface area contributed by atoms with E-state index in [1.807, 2.05) is 6.08 Å². The topological polar surface area (TPSA) is 0 Å². The highest BCUT2D eigenvalue weighted by Crippen LogP contribution is 2.07. The third kappa shape index (κ3) is 7.41. The van der Waals surface area contributed by atoms with Crippen molar-refractivity contribution in [3.8, 4) is 0 Å². The lowest BCUT2D eigenvalue weighted by Gasteiger charge is -1.92. The Kier molecular flexibility index (Phi) is 5.18. The fourth-order valence-corrected chi connectivity index (χ4v) is 0.605. The van der Waals surface area contributed by atoms with E-state index in [-0.39, 0.29) is 5.83 Å². The predicted molar refractivity (Wildman–Crippen MR) is 38.9 cm³/mol. The van der Waals surface area contributed by atoms with Crippen LogP contribution in [-0.4, -0.2) is 0 Å². The number of rotatable bonds is 5. The van der Waals surface area contributed by atoms with Crippen LogP contribution in [0.5, 0.6) is 0 Å². The smallest absolute Gasteiger partial charge is 0.0928 e. The largest absolute Gasteiger partial charge is 0.212 e. The Morgan fingerprint density at radius 2 is 2.11 bits per heavy atom. The minimum absolute atomic E-state index is 0.209. The predicted octanol–water partition coefficient (Wildman–Crippen LogP) is 3.22. The lowest BCUT2D eigenvalue weighted by atomic mass is 10.2. The van der Waals surface area contributed by atoms with Gasteiger partial charge in [-0.25, -0.2) is 4.39 Å². The van der Waals surface area contributed by atoms with Crippen LogP contribution in [0.2, 0.25) is 0 Å². The fraction of sp³-hybridized carbons (Fsp3) is 0.500. The molecule has 0 heterocycles. The molecule has 0 aliphatic heterocycles. The van der Waals surface area contributed by atoms with Gasteiger partial charge in [0.15, 0.2) is 0 Å². The lowest BCUT2D eigenvalue weighted by molar-refractivity contribution is 0.568. The summed E-state index contributed by atoms with van der Waals surface area (Å²) in [4.78, 5) is 0. The highest BCUT2D eigenvalue weighted by atomic mass is 19.1. The number of hydrogen-bond donors (Lipinski definition) is 0. The van der Waals surface area contributed by atoms with Gasteiger partial charge in [0.05, 0.1) is 5.83 Å². The Bertz CT molecular complexity index is 94.7. The number of hydrogen-bond acceptors (Lipinski definition) is 0. The van der Waals surface area contributed by atoms with Crippen LogP contribution < -0.4 is 0 Å². The van der Waals surface area contributed by atoms with Gasteiger partial charge in [-0.3, -0.25) is 0 Å². The van der Waals surface area contributed by atoms with Crippen LogP contribution in [0, 0.1) is 0 Å². The Labute approximate surface area is 56.1 Å². The molecule has 0 saturated carbocycles. The van der Waals surface area contributed by atoms with Crippen molar-refractivity contribution in [2.45, 2.75) is 25.7 Å². The van der Waals surface area contributed by atoms with Gasteiger partial charge in [0.2, 0.25) is 0 Å². The molecule has 0 aliphatic carbocycles. The SMILES string of the molecule is C=CCCCCC(=C)F. The van der Waals surface area contributed by atoms with Gasteiger partial charge < -0.3 is 0 Å². The quantitative estimate of drug-likeness (QED) is 0.394. The molecule has 0 radical (unpaired) electrons. The van der Waals surface area contributed by atoms with E-state index >= 15 is 0 Å². The van der Waals surface area contributed by atoms with E-state index in [1.165, 1.54) is 0 Å². The van der Waals surface area contributed by atoms with E-state index in [4.69, 9.17) is 0 Å². The summed E-state index contributed by atoms with van der Waals surface area (Å²) < 4.78 is 11.9. The normalized spacial score (nSPS) is 9.00. The van der Waals surface area contributed by atoms with E-state index in [1.54, 1.807) is 0 Å². The molecule has 0 amide bonds. The Morgan fingerprint density at radius 3 is 2.56 bits per heavy atom. The average Bonchev–Trinajstić information content (AvgIpc) is 1.80. The van der Waals surface area contributed by atoms with Crippen molar-refractivity contribution in [3.63, 3.8) is 0 Å². The van der Waals surface area contributed by atoms with Crippen molar-refractivity contribution in [1.29, 1.82) is 0 Å². The third-order valence-corrected chi connectivity index (χ3v) is 1.11. The molecule has 0 bridgehead atoms. The summed E-state index contributed by atoms with van der Waals surface area (Å²) in [6.45, 7) is 6.72. The van der Waals surface area contributed by atoms with Crippen molar-refractivity contribution in [3.05, 3.63) is 25.1 Å². The van der Waals surface area contributed by atoms with Crippen LogP contribution in [0.4, 0.5) is 4.39 Å². The van der Waals surface area contributed by atoms with E-state index in [9.17, 15) is 4.39 Å². The summed E-state index contributed by atoms with van der Waals surface area (Å²) in [5.74, 6) is -0.209. The van der Waals surface area contributed by atoms with Gasteiger partial charge in [0.1, 0.15) is 0 Å². The standard InChI is InChI=1S/C8H13F/c1-3-4-5-6-7-8(2)9/h3H,1-2,4-7H2. The minimum Gasteiger partial charge on any atom is -0.212 e. The molecule has 0 aliphatic rings. The maximum Gasteiger partial charge on any atom is 0.0928 e. The van der Waals surface area contributed by atoms with Gasteiger partial charge in [-0.15, -0.1) is 6.58 Å². The van der Waals surface area contributed by atoms with Gasteiger partial charge in [-0.2, -0.15) is 0 Å². The van der Waals surface area contributed by atoms with Gasteiger partial charge in [0, 0.05) is 0 Å². The van der Waals surface area contributed by atoms with Gasteiger partial charge in [0.25, 0.3) is 0 Å². The van der Waals surface area contributed by atoms with Crippen LogP contribution in [0.3, 0.4) is 0 Å². The highest BCUT2D eigenvalue weighted by molar-refractivity contribution is 4.79. The first kappa shape index (κ1) is 8.41. The Morgan fingerprint density at radius 1 is 1.44 bits per heavy atom. The molecule has 0 fully saturated rings. The molecule has 1 heteroatoms. The van der Waals surface area contributed by atoms with E-state index in [2.05, 4.69) is 13.2 Å². The molecular weight excluding hydrogens is 115 g/mol. The monoisotopic (exact) mass is 128 g/mol. The van der Waals surface area contributed by atoms with E-state index in [0.717, 1.165) is 19.3 Å². The third-order valence-electron chi connectivity index (χ3n) is 1.11. The van der Waals surface area contributed by atoms with Crippen LogP contribution in [0.1, 0.15) is 25.7 Å². The van der Waals surface area contributed by atoms with E-state index < -0.39 is 0 Å². The summed E-state index contributed by atoms with van der Waals surface area (Å²) in [7, 11) is 0. The van der Waals surface area contributed by atoms with Crippen molar-refractivity contribution in [1.82, 2.24) is 0 Å². The van der Waals surface area contributed by atoms with Crippen LogP contribution >= 0.6 is 0 Å². The lowest BCUT2D eigenvalue weighted by Crippen LogP contribution is -1.74.